The molecule has 13 rings (SSSR count). The lowest BCUT2D eigenvalue weighted by molar-refractivity contribution is 0.661. The molecule has 63 heavy (non-hydrogen) atoms. The van der Waals surface area contributed by atoms with Gasteiger partial charge in [-0.15, -0.1) is 0 Å². The first-order chi connectivity index (χ1) is 31.0. The number of nitrogens with zero attached hydrogens (tertiary/aromatic N) is 3. The summed E-state index contributed by atoms with van der Waals surface area (Å²) < 4.78 is 8.80. The average molecular weight is 809 g/mol. The Morgan fingerprint density at radius 1 is 0.524 bits per heavy atom. The zero-order chi connectivity index (χ0) is 41.8. The van der Waals surface area contributed by atoms with Crippen molar-refractivity contribution >= 4 is 66.2 Å². The minimum atomic E-state index is -0.402. The summed E-state index contributed by atoms with van der Waals surface area (Å²) in [6.45, 7) is 4.68. The Bertz CT molecular complexity index is 3740. The van der Waals surface area contributed by atoms with Gasteiger partial charge >= 0.3 is 0 Å². The first-order valence-corrected chi connectivity index (χ1v) is 21.7. The number of aliphatic imine (C=N–C) groups is 2. The summed E-state index contributed by atoms with van der Waals surface area (Å²) in [4.78, 5) is 11.0. The molecule has 0 amide bonds. The Morgan fingerprint density at radius 3 is 2.06 bits per heavy atom. The van der Waals surface area contributed by atoms with Crippen molar-refractivity contribution < 1.29 is 4.42 Å². The molecule has 9 aromatic carbocycles. The molecule has 5 nitrogen and oxygen atoms in total. The number of hydrogen-bond acceptors (Lipinski definition) is 4. The number of furan rings is 1. The number of amidine groups is 2. The lowest BCUT2D eigenvalue weighted by Gasteiger charge is -2.25. The molecular weight excluding hydrogens is 769 g/mol. The highest BCUT2D eigenvalue weighted by molar-refractivity contribution is 6.17. The predicted molar refractivity (Wildman–Crippen MR) is 260 cm³/mol. The topological polar surface area (TPSA) is 54.8 Å². The second-order valence-corrected chi connectivity index (χ2v) is 17.4. The van der Waals surface area contributed by atoms with E-state index in [9.17, 15) is 0 Å². The van der Waals surface area contributed by atoms with E-state index in [1.165, 1.54) is 49.3 Å². The fourth-order valence-corrected chi connectivity index (χ4v) is 10.3. The highest BCUT2D eigenvalue weighted by atomic mass is 16.3. The van der Waals surface area contributed by atoms with Crippen LogP contribution in [0.5, 0.6) is 0 Å². The van der Waals surface area contributed by atoms with E-state index < -0.39 is 6.17 Å². The smallest absolute Gasteiger partial charge is 0.160 e. The summed E-state index contributed by atoms with van der Waals surface area (Å²) >= 11 is 0. The van der Waals surface area contributed by atoms with Gasteiger partial charge < -0.3 is 14.3 Å². The molecule has 0 radical (unpaired) electrons. The lowest BCUT2D eigenvalue weighted by Crippen LogP contribution is -2.33. The van der Waals surface area contributed by atoms with Gasteiger partial charge in [0.15, 0.2) is 5.84 Å². The molecule has 2 aliphatic rings. The summed E-state index contributed by atoms with van der Waals surface area (Å²) in [6, 6.07) is 69.5. The van der Waals surface area contributed by atoms with Gasteiger partial charge in [-0.3, -0.25) is 0 Å². The molecular formula is C58H40N4O. The van der Waals surface area contributed by atoms with Crippen LogP contribution in [0.2, 0.25) is 0 Å². The second kappa shape index (κ2) is 13.5. The number of nitrogens with one attached hydrogen (secondary N) is 1. The van der Waals surface area contributed by atoms with Crippen LogP contribution in [0.4, 0.5) is 0 Å². The van der Waals surface area contributed by atoms with Crippen LogP contribution in [0.25, 0.3) is 82.5 Å². The van der Waals surface area contributed by atoms with E-state index in [1.807, 2.05) is 12.1 Å². The summed E-state index contributed by atoms with van der Waals surface area (Å²) in [5.74, 6) is 1.49. The maximum absolute atomic E-state index is 6.44. The van der Waals surface area contributed by atoms with Crippen LogP contribution in [0.3, 0.4) is 0 Å². The second-order valence-electron chi connectivity index (χ2n) is 17.4. The summed E-state index contributed by atoms with van der Waals surface area (Å²) in [7, 11) is 0. The van der Waals surface area contributed by atoms with Crippen molar-refractivity contribution in [2.45, 2.75) is 25.4 Å². The maximum atomic E-state index is 6.44. The van der Waals surface area contributed by atoms with E-state index >= 15 is 0 Å². The molecule has 0 spiro atoms. The van der Waals surface area contributed by atoms with Crippen LogP contribution < -0.4 is 5.32 Å². The van der Waals surface area contributed by atoms with Gasteiger partial charge in [-0.25, -0.2) is 9.98 Å². The Labute approximate surface area is 364 Å². The maximum Gasteiger partial charge on any atom is 0.160 e. The summed E-state index contributed by atoms with van der Waals surface area (Å²) in [5, 5.41) is 10.9. The van der Waals surface area contributed by atoms with Crippen molar-refractivity contribution in [3.8, 4) is 27.9 Å². The van der Waals surface area contributed by atoms with Crippen molar-refractivity contribution in [3.63, 3.8) is 0 Å². The number of benzene rings is 9. The number of para-hydroxylation sites is 4. The Morgan fingerprint density at radius 2 is 1.21 bits per heavy atom. The molecule has 298 valence electrons. The minimum absolute atomic E-state index is 0.194. The fraction of sp³-hybridized carbons (Fsp3) is 0.0690. The third-order valence-electron chi connectivity index (χ3n) is 13.5. The average Bonchev–Trinajstić information content (AvgIpc) is 3.96. The summed E-state index contributed by atoms with van der Waals surface area (Å²) in [5.41, 5.74) is 15.4. The third-order valence-corrected chi connectivity index (χ3v) is 13.5. The van der Waals surface area contributed by atoms with E-state index in [-0.39, 0.29) is 5.41 Å². The molecule has 0 saturated heterocycles. The number of rotatable bonds is 5. The molecule has 2 aromatic heterocycles. The molecule has 1 aliphatic carbocycles. The van der Waals surface area contributed by atoms with Crippen LogP contribution in [0, 0.1) is 0 Å². The van der Waals surface area contributed by atoms with Crippen molar-refractivity contribution in [1.29, 1.82) is 0 Å². The van der Waals surface area contributed by atoms with Crippen molar-refractivity contribution in [1.82, 2.24) is 9.88 Å². The van der Waals surface area contributed by atoms with E-state index in [2.05, 4.69) is 206 Å². The van der Waals surface area contributed by atoms with Gasteiger partial charge in [0.25, 0.3) is 0 Å². The molecule has 1 unspecified atom stereocenters. The van der Waals surface area contributed by atoms with Crippen LogP contribution in [-0.4, -0.2) is 16.2 Å². The van der Waals surface area contributed by atoms with Crippen molar-refractivity contribution in [2.24, 2.45) is 9.98 Å². The van der Waals surface area contributed by atoms with Gasteiger partial charge in [0.1, 0.15) is 23.2 Å². The van der Waals surface area contributed by atoms with Gasteiger partial charge in [0.2, 0.25) is 0 Å². The molecule has 1 aliphatic heterocycles. The molecule has 0 bridgehead atoms. The SMILES string of the molecule is CC1(C)c2cc3ccccc3cc2-c2c(C3=NC(c4ccc5c(c4)c4ccccc4n5-c4ccccc4)NC(c4ccc(-c5cccc6c5oc5ccccc56)cc4)=N3)cccc21. The molecule has 0 saturated carbocycles. The fourth-order valence-electron chi connectivity index (χ4n) is 10.3. The van der Waals surface area contributed by atoms with E-state index in [0.717, 1.165) is 66.8 Å². The highest BCUT2D eigenvalue weighted by Crippen LogP contribution is 2.51. The standard InChI is InChI=1S/C58H40N4O/c1-58(2)48-23-13-22-45(53(48)47-32-37-14-6-7-15-38(37)34-49(47)58)57-60-55(36-28-26-35(27-29-36)41-20-12-21-44-43-19-9-11-25-52(43)63-54(41)44)59-56(61-57)39-30-31-51-46(33-39)42-18-8-10-24-50(42)62(51)40-16-4-3-5-17-40/h3-34,56H,1-2H3,(H,59,60,61). The largest absolute Gasteiger partial charge is 0.455 e. The van der Waals surface area contributed by atoms with E-state index in [1.54, 1.807) is 0 Å². The first kappa shape index (κ1) is 35.7. The van der Waals surface area contributed by atoms with Gasteiger partial charge in [0, 0.05) is 49.3 Å². The molecule has 1 atom stereocenters. The molecule has 5 heteroatoms. The Kier molecular flexibility index (Phi) is 7.65. The predicted octanol–water partition coefficient (Wildman–Crippen LogP) is 14.3. The molecule has 11 aromatic rings. The lowest BCUT2D eigenvalue weighted by atomic mass is 9.81. The summed E-state index contributed by atoms with van der Waals surface area (Å²) in [6.07, 6.45) is -0.402. The van der Waals surface area contributed by atoms with Gasteiger partial charge in [-0.1, -0.05) is 159 Å². The minimum Gasteiger partial charge on any atom is -0.455 e. The highest BCUT2D eigenvalue weighted by Gasteiger charge is 2.38. The van der Waals surface area contributed by atoms with Crippen LogP contribution in [0.1, 0.15) is 47.8 Å². The van der Waals surface area contributed by atoms with Crippen molar-refractivity contribution in [3.05, 3.63) is 222 Å². The molecule has 1 N–H and O–H groups in total. The van der Waals surface area contributed by atoms with Gasteiger partial charge in [0.05, 0.1) is 11.0 Å². The number of fused-ring (bicyclic) bond motifs is 10. The Hall–Kier alpha value is -8.02. The van der Waals surface area contributed by atoms with Gasteiger partial charge in [-0.2, -0.15) is 0 Å². The third kappa shape index (κ3) is 5.42. The number of hydrogen-bond donors (Lipinski definition) is 1. The van der Waals surface area contributed by atoms with E-state index in [4.69, 9.17) is 14.4 Å². The Balaban J connectivity index is 0.976. The normalized spacial score (nSPS) is 15.4. The zero-order valence-corrected chi connectivity index (χ0v) is 34.8. The molecule has 0 fully saturated rings. The molecule has 3 heterocycles. The first-order valence-electron chi connectivity index (χ1n) is 21.7. The van der Waals surface area contributed by atoms with Crippen molar-refractivity contribution in [2.75, 3.05) is 0 Å². The quantitative estimate of drug-likeness (QED) is 0.188. The zero-order valence-electron chi connectivity index (χ0n) is 34.8. The van der Waals surface area contributed by atoms with Crippen LogP contribution in [-0.2, 0) is 5.41 Å². The monoisotopic (exact) mass is 808 g/mol. The van der Waals surface area contributed by atoms with E-state index in [0.29, 0.717) is 5.84 Å². The van der Waals surface area contributed by atoms with Crippen LogP contribution in [0.15, 0.2) is 209 Å². The van der Waals surface area contributed by atoms with Crippen LogP contribution >= 0.6 is 0 Å². The number of aromatic nitrogens is 1. The van der Waals surface area contributed by atoms with Gasteiger partial charge in [-0.05, 0) is 92.7 Å².